The van der Waals surface area contributed by atoms with Crippen LogP contribution >= 0.6 is 0 Å². The van der Waals surface area contributed by atoms with Gasteiger partial charge in [0.2, 0.25) is 0 Å². The third kappa shape index (κ3) is 4.06. The predicted octanol–water partition coefficient (Wildman–Crippen LogP) is 1.82. The molecule has 0 fully saturated rings. The molecule has 11 heteroatoms. The van der Waals surface area contributed by atoms with Crippen LogP contribution in [-0.4, -0.2) is 52.5 Å². The van der Waals surface area contributed by atoms with Gasteiger partial charge in [-0.3, -0.25) is 9.59 Å². The van der Waals surface area contributed by atoms with Crippen molar-refractivity contribution in [3.05, 3.63) is 41.4 Å². The summed E-state index contributed by atoms with van der Waals surface area (Å²) in [5.41, 5.74) is 5.29. The predicted molar refractivity (Wildman–Crippen MR) is 111 cm³/mol. The number of carbonyl (C=O) groups excluding carboxylic acids is 2. The van der Waals surface area contributed by atoms with Crippen molar-refractivity contribution in [3.63, 3.8) is 0 Å². The summed E-state index contributed by atoms with van der Waals surface area (Å²) in [6.45, 7) is 7.27. The average Bonchev–Trinajstić information content (AvgIpc) is 3.34. The number of hydrogen-bond acceptors (Lipinski definition) is 8. The number of aromatic amines is 1. The minimum absolute atomic E-state index is 0.116. The van der Waals surface area contributed by atoms with Gasteiger partial charge in [0, 0.05) is 23.9 Å². The fourth-order valence-corrected chi connectivity index (χ4v) is 3.42. The number of aryl methyl sites for hydroxylation is 3. The minimum Gasteiger partial charge on any atom is -0.453 e. The highest BCUT2D eigenvalue weighted by Gasteiger charge is 2.21. The summed E-state index contributed by atoms with van der Waals surface area (Å²) in [4.78, 5) is 44.3. The van der Waals surface area contributed by atoms with Gasteiger partial charge in [-0.05, 0) is 39.7 Å². The second-order valence-corrected chi connectivity index (χ2v) is 7.26. The van der Waals surface area contributed by atoms with E-state index in [9.17, 15) is 9.59 Å². The fraction of sp³-hybridized carbons (Fsp3) is 0.350. The van der Waals surface area contributed by atoms with Crippen molar-refractivity contribution in [2.75, 3.05) is 5.32 Å². The number of imidazole rings is 1. The molecule has 4 aromatic heterocycles. The Kier molecular flexibility index (Phi) is 5.32. The van der Waals surface area contributed by atoms with Gasteiger partial charge >= 0.3 is 5.97 Å². The molecule has 0 aliphatic heterocycles. The second kappa shape index (κ2) is 8.09. The van der Waals surface area contributed by atoms with Crippen LogP contribution in [0.25, 0.3) is 16.8 Å². The van der Waals surface area contributed by atoms with E-state index in [0.717, 1.165) is 28.3 Å². The molecule has 0 aliphatic carbocycles. The molecule has 0 saturated carbocycles. The largest absolute Gasteiger partial charge is 0.453 e. The molecule has 2 N–H and O–H groups in total. The Balaban J connectivity index is 1.38. The Morgan fingerprint density at radius 1 is 1.23 bits per heavy atom. The number of hydrogen-bond donors (Lipinski definition) is 2. The summed E-state index contributed by atoms with van der Waals surface area (Å²) < 4.78 is 7.08. The second-order valence-electron chi connectivity index (χ2n) is 7.26. The lowest BCUT2D eigenvalue weighted by Crippen LogP contribution is -2.30. The van der Waals surface area contributed by atoms with Gasteiger partial charge in [0.15, 0.2) is 23.2 Å². The number of rotatable bonds is 6. The van der Waals surface area contributed by atoms with Gasteiger partial charge in [0.25, 0.3) is 5.91 Å². The molecule has 31 heavy (non-hydrogen) atoms. The first-order chi connectivity index (χ1) is 14.8. The highest BCUT2D eigenvalue weighted by atomic mass is 16.5. The third-order valence-corrected chi connectivity index (χ3v) is 5.01. The summed E-state index contributed by atoms with van der Waals surface area (Å²) in [7, 11) is 0. The number of ether oxygens (including phenoxy) is 1. The molecule has 4 rings (SSSR count). The lowest BCUT2D eigenvalue weighted by atomic mass is 10.1. The van der Waals surface area contributed by atoms with Crippen LogP contribution in [0, 0.1) is 20.8 Å². The van der Waals surface area contributed by atoms with Crippen LogP contribution in [-0.2, 0) is 20.7 Å². The minimum atomic E-state index is -0.989. The van der Waals surface area contributed by atoms with E-state index in [4.69, 9.17) is 4.74 Å². The molecular formula is C20H22N8O3. The maximum Gasteiger partial charge on any atom is 0.306 e. The van der Waals surface area contributed by atoms with Gasteiger partial charge in [-0.1, -0.05) is 0 Å². The van der Waals surface area contributed by atoms with Crippen LogP contribution < -0.4 is 5.32 Å². The van der Waals surface area contributed by atoms with E-state index in [1.54, 1.807) is 4.52 Å². The highest BCUT2D eigenvalue weighted by Crippen LogP contribution is 2.18. The molecule has 0 aromatic carbocycles. The van der Waals surface area contributed by atoms with E-state index in [-0.39, 0.29) is 12.2 Å². The standard InChI is InChI=1S/C20H22N8O3/c1-10-7-15-25-11(2)14(12(3)28(15)27-10)5-6-16(29)31-13(4)20(30)26-19-17-18(22-8-21-17)23-9-24-19/h7-9,13H,5-6H2,1-4H3,(H2,21,22,23,24,26,30)/t13-/m0/s1. The van der Waals surface area contributed by atoms with Crippen molar-refractivity contribution >= 4 is 34.5 Å². The summed E-state index contributed by atoms with van der Waals surface area (Å²) in [5, 5.41) is 7.07. The third-order valence-electron chi connectivity index (χ3n) is 5.01. The number of fused-ring (bicyclic) bond motifs is 2. The maximum absolute atomic E-state index is 12.4. The number of H-pyrrole nitrogens is 1. The summed E-state index contributed by atoms with van der Waals surface area (Å²) in [6.07, 6.45) is 2.32. The van der Waals surface area contributed by atoms with E-state index in [0.29, 0.717) is 17.6 Å². The number of nitrogens with zero attached hydrogens (tertiary/aromatic N) is 6. The molecule has 0 radical (unpaired) electrons. The molecule has 1 amide bonds. The molecule has 11 nitrogen and oxygen atoms in total. The zero-order valence-electron chi connectivity index (χ0n) is 17.6. The lowest BCUT2D eigenvalue weighted by Gasteiger charge is -2.14. The number of esters is 1. The van der Waals surface area contributed by atoms with E-state index in [1.807, 2.05) is 26.8 Å². The molecule has 160 valence electrons. The van der Waals surface area contributed by atoms with Crippen LogP contribution in [0.1, 0.15) is 36.0 Å². The van der Waals surface area contributed by atoms with E-state index >= 15 is 0 Å². The smallest absolute Gasteiger partial charge is 0.306 e. The van der Waals surface area contributed by atoms with Crippen molar-refractivity contribution in [2.45, 2.75) is 46.6 Å². The molecule has 4 aromatic rings. The van der Waals surface area contributed by atoms with Crippen LogP contribution in [0.3, 0.4) is 0 Å². The lowest BCUT2D eigenvalue weighted by molar-refractivity contribution is -0.153. The SMILES string of the molecule is Cc1cc2nc(C)c(CCC(=O)O[C@@H](C)C(=O)Nc3ncnc4nc[nH]c34)c(C)n2n1. The molecule has 0 aliphatic rings. The fourth-order valence-electron chi connectivity index (χ4n) is 3.42. The van der Waals surface area contributed by atoms with Crippen LogP contribution in [0.15, 0.2) is 18.7 Å². The van der Waals surface area contributed by atoms with Gasteiger partial charge in [0.05, 0.1) is 12.0 Å². The molecule has 0 unspecified atom stereocenters. The van der Waals surface area contributed by atoms with Gasteiger partial charge in [-0.15, -0.1) is 0 Å². The first-order valence-corrected chi connectivity index (χ1v) is 9.80. The zero-order valence-corrected chi connectivity index (χ0v) is 17.6. The zero-order chi connectivity index (χ0) is 22.1. The topological polar surface area (TPSA) is 140 Å². The summed E-state index contributed by atoms with van der Waals surface area (Å²) in [6, 6.07) is 1.91. The van der Waals surface area contributed by atoms with Crippen molar-refractivity contribution in [1.29, 1.82) is 0 Å². The van der Waals surface area contributed by atoms with Crippen molar-refractivity contribution in [2.24, 2.45) is 0 Å². The summed E-state index contributed by atoms with van der Waals surface area (Å²) in [5.74, 6) is -0.700. The van der Waals surface area contributed by atoms with Crippen molar-refractivity contribution in [3.8, 4) is 0 Å². The molecule has 0 spiro atoms. The molecular weight excluding hydrogens is 400 g/mol. The molecule has 4 heterocycles. The van der Waals surface area contributed by atoms with Crippen LogP contribution in [0.2, 0.25) is 0 Å². The van der Waals surface area contributed by atoms with Gasteiger partial charge in [-0.2, -0.15) is 5.10 Å². The number of nitrogens with one attached hydrogen (secondary N) is 2. The number of aromatic nitrogens is 7. The van der Waals surface area contributed by atoms with Crippen molar-refractivity contribution < 1.29 is 14.3 Å². The number of carbonyl (C=O) groups is 2. The Morgan fingerprint density at radius 3 is 2.84 bits per heavy atom. The van der Waals surface area contributed by atoms with Crippen molar-refractivity contribution in [1.82, 2.24) is 34.5 Å². The summed E-state index contributed by atoms with van der Waals surface area (Å²) >= 11 is 0. The first kappa shape index (κ1) is 20.4. The maximum atomic E-state index is 12.4. The van der Waals surface area contributed by atoms with Crippen LogP contribution in [0.4, 0.5) is 5.82 Å². The van der Waals surface area contributed by atoms with Gasteiger partial charge < -0.3 is 15.0 Å². The van der Waals surface area contributed by atoms with E-state index < -0.39 is 18.0 Å². The Morgan fingerprint density at radius 2 is 2.03 bits per heavy atom. The molecule has 1 atom stereocenters. The van der Waals surface area contributed by atoms with Gasteiger partial charge in [0.1, 0.15) is 11.8 Å². The quantitative estimate of drug-likeness (QED) is 0.449. The number of anilines is 1. The Hall–Kier alpha value is -3.89. The first-order valence-electron chi connectivity index (χ1n) is 9.80. The van der Waals surface area contributed by atoms with Crippen LogP contribution in [0.5, 0.6) is 0 Å². The molecule has 0 saturated heterocycles. The Bertz CT molecular complexity index is 1290. The highest BCUT2D eigenvalue weighted by molar-refractivity contribution is 5.99. The number of amides is 1. The normalized spacial score (nSPS) is 12.3. The van der Waals surface area contributed by atoms with E-state index in [2.05, 4.69) is 35.3 Å². The monoisotopic (exact) mass is 422 g/mol. The van der Waals surface area contributed by atoms with E-state index in [1.165, 1.54) is 19.6 Å². The average molecular weight is 422 g/mol. The molecule has 0 bridgehead atoms. The van der Waals surface area contributed by atoms with Gasteiger partial charge in [-0.25, -0.2) is 24.5 Å². The Labute approximate surface area is 177 Å².